The van der Waals surface area contributed by atoms with E-state index in [2.05, 4.69) is 62.9 Å². The number of hydrogen-bond acceptors (Lipinski definition) is 9. The predicted octanol–water partition coefficient (Wildman–Crippen LogP) is 5.15. The molecule has 0 radical (unpaired) electrons. The third kappa shape index (κ3) is 6.37. The van der Waals surface area contributed by atoms with Crippen molar-refractivity contribution in [2.45, 2.75) is 31.7 Å². The number of thiophene rings is 1. The number of cyclic esters (lactones) is 2. The number of carbonyl (C=O) groups excluding carboxylic acids is 2. The first-order valence-corrected chi connectivity index (χ1v) is 14.6. The number of carbonyl (C=O) groups is 2. The van der Waals surface area contributed by atoms with E-state index >= 15 is 0 Å². The topological polar surface area (TPSA) is 94.5 Å². The maximum absolute atomic E-state index is 11.2. The van der Waals surface area contributed by atoms with Gasteiger partial charge >= 0.3 is 17.9 Å². The molecule has 6 rings (SSSR count). The SMILES string of the molecule is O=C1OC(O)(CCOc2ccc(-c3sc4ccccc4c3Cc3ccc(OCCN4CCCC4)cc3)cc2)OC1=O. The smallest absolute Gasteiger partial charge is 0.422 e. The molecule has 4 aromatic rings. The molecule has 2 aliphatic heterocycles. The maximum atomic E-state index is 11.2. The number of nitrogens with zero attached hydrogens (tertiary/aromatic N) is 1. The van der Waals surface area contributed by atoms with E-state index in [0.717, 1.165) is 24.3 Å². The Balaban J connectivity index is 1.12. The van der Waals surface area contributed by atoms with Crippen LogP contribution < -0.4 is 9.47 Å². The van der Waals surface area contributed by atoms with Gasteiger partial charge in [0.1, 0.15) is 18.1 Å². The minimum atomic E-state index is -2.28. The van der Waals surface area contributed by atoms with E-state index in [-0.39, 0.29) is 13.0 Å². The van der Waals surface area contributed by atoms with Crippen LogP contribution in [0.4, 0.5) is 0 Å². The van der Waals surface area contributed by atoms with Gasteiger partial charge in [0.2, 0.25) is 0 Å². The van der Waals surface area contributed by atoms with Crippen LogP contribution in [0.1, 0.15) is 30.4 Å². The maximum Gasteiger partial charge on any atom is 0.422 e. The molecule has 0 amide bonds. The number of ether oxygens (including phenoxy) is 4. The van der Waals surface area contributed by atoms with Gasteiger partial charge in [-0.3, -0.25) is 4.90 Å². The summed E-state index contributed by atoms with van der Waals surface area (Å²) in [5.74, 6) is -3.23. The first-order chi connectivity index (χ1) is 20.0. The minimum absolute atomic E-state index is 0.0114. The van der Waals surface area contributed by atoms with Crippen molar-refractivity contribution in [2.24, 2.45) is 0 Å². The summed E-state index contributed by atoms with van der Waals surface area (Å²) in [6.45, 7) is 4.03. The van der Waals surface area contributed by atoms with Gasteiger partial charge in [0, 0.05) is 16.1 Å². The Bertz CT molecular complexity index is 1510. The van der Waals surface area contributed by atoms with E-state index in [9.17, 15) is 14.7 Å². The number of benzene rings is 3. The summed E-state index contributed by atoms with van der Waals surface area (Å²) in [7, 11) is 0. The fourth-order valence-electron chi connectivity index (χ4n) is 5.21. The van der Waals surface area contributed by atoms with Gasteiger partial charge in [0.25, 0.3) is 0 Å². The lowest BCUT2D eigenvalue weighted by Gasteiger charge is -2.18. The minimum Gasteiger partial charge on any atom is -0.493 e. The molecule has 9 heteroatoms. The number of hydrogen-bond donors (Lipinski definition) is 1. The van der Waals surface area contributed by atoms with Gasteiger partial charge in [-0.2, -0.15) is 0 Å². The zero-order valence-corrected chi connectivity index (χ0v) is 23.4. The monoisotopic (exact) mass is 573 g/mol. The molecule has 1 aromatic heterocycles. The molecule has 3 heterocycles. The first-order valence-electron chi connectivity index (χ1n) is 13.8. The lowest BCUT2D eigenvalue weighted by molar-refractivity contribution is -0.296. The van der Waals surface area contributed by atoms with Crippen LogP contribution in [-0.4, -0.2) is 60.8 Å². The van der Waals surface area contributed by atoms with Crippen molar-refractivity contribution in [2.75, 3.05) is 32.8 Å². The van der Waals surface area contributed by atoms with Gasteiger partial charge in [-0.15, -0.1) is 11.3 Å². The summed E-state index contributed by atoms with van der Waals surface area (Å²) in [5.41, 5.74) is 3.56. The van der Waals surface area contributed by atoms with Gasteiger partial charge in [-0.1, -0.05) is 30.3 Å². The Morgan fingerprint density at radius 2 is 1.46 bits per heavy atom. The van der Waals surface area contributed by atoms with E-state index < -0.39 is 17.9 Å². The third-order valence-corrected chi connectivity index (χ3v) is 8.61. The van der Waals surface area contributed by atoms with Crippen LogP contribution in [0.5, 0.6) is 11.5 Å². The second kappa shape index (κ2) is 11.9. The first kappa shape index (κ1) is 27.3. The molecular weight excluding hydrogens is 542 g/mol. The van der Waals surface area contributed by atoms with Crippen molar-refractivity contribution in [3.05, 3.63) is 83.9 Å². The van der Waals surface area contributed by atoms with Crippen molar-refractivity contribution < 1.29 is 33.6 Å². The lowest BCUT2D eigenvalue weighted by atomic mass is 9.99. The second-order valence-electron chi connectivity index (χ2n) is 10.2. The van der Waals surface area contributed by atoms with E-state index in [1.807, 2.05) is 24.3 Å². The fourth-order valence-corrected chi connectivity index (χ4v) is 6.44. The summed E-state index contributed by atoms with van der Waals surface area (Å²) >= 11 is 1.76. The average Bonchev–Trinajstić information content (AvgIpc) is 3.68. The Morgan fingerprint density at radius 3 is 2.17 bits per heavy atom. The van der Waals surface area contributed by atoms with E-state index in [4.69, 9.17) is 9.47 Å². The Labute approximate surface area is 242 Å². The van der Waals surface area contributed by atoms with Crippen molar-refractivity contribution >= 4 is 33.4 Å². The lowest BCUT2D eigenvalue weighted by Crippen LogP contribution is -2.32. The molecule has 1 N–H and O–H groups in total. The van der Waals surface area contributed by atoms with E-state index in [0.29, 0.717) is 12.4 Å². The standard InChI is InChI=1S/C32H31NO7S/c34-30-31(35)40-32(36,39-30)15-19-37-25-13-9-23(10-14-25)29-27(26-5-1-2-6-28(26)41-29)21-22-7-11-24(12-8-22)38-20-18-33-16-3-4-17-33/h1-2,5-14,36H,3-4,15-21H2. The molecule has 2 saturated heterocycles. The molecule has 41 heavy (non-hydrogen) atoms. The molecule has 212 valence electrons. The normalized spacial score (nSPS) is 16.6. The molecule has 8 nitrogen and oxygen atoms in total. The summed E-state index contributed by atoms with van der Waals surface area (Å²) in [6.07, 6.45) is 3.17. The number of esters is 2. The largest absolute Gasteiger partial charge is 0.493 e. The number of aliphatic hydroxyl groups is 1. The van der Waals surface area contributed by atoms with Crippen molar-refractivity contribution in [1.82, 2.24) is 4.90 Å². The Kier molecular flexibility index (Phi) is 7.91. The average molecular weight is 574 g/mol. The quantitative estimate of drug-likeness (QED) is 0.195. The Hall–Kier alpha value is -3.92. The molecule has 3 aromatic carbocycles. The Morgan fingerprint density at radius 1 is 0.829 bits per heavy atom. The fraction of sp³-hybridized carbons (Fsp3) is 0.312. The molecule has 0 spiro atoms. The summed E-state index contributed by atoms with van der Waals surface area (Å²) < 4.78 is 22.1. The number of likely N-dealkylation sites (tertiary alicyclic amines) is 1. The van der Waals surface area contributed by atoms with Crippen LogP contribution in [0, 0.1) is 0 Å². The van der Waals surface area contributed by atoms with Gasteiger partial charge < -0.3 is 24.1 Å². The van der Waals surface area contributed by atoms with Crippen LogP contribution in [0.2, 0.25) is 0 Å². The third-order valence-electron chi connectivity index (χ3n) is 7.35. The summed E-state index contributed by atoms with van der Waals surface area (Å²) in [5, 5.41) is 11.3. The molecule has 0 atom stereocenters. The van der Waals surface area contributed by atoms with Crippen molar-refractivity contribution in [3.8, 4) is 21.9 Å². The highest BCUT2D eigenvalue weighted by atomic mass is 32.1. The molecule has 0 unspecified atom stereocenters. The van der Waals surface area contributed by atoms with Crippen LogP contribution in [0.25, 0.3) is 20.5 Å². The zero-order valence-electron chi connectivity index (χ0n) is 22.5. The van der Waals surface area contributed by atoms with E-state index in [1.165, 1.54) is 52.0 Å². The van der Waals surface area contributed by atoms with Crippen molar-refractivity contribution in [1.29, 1.82) is 0 Å². The number of rotatable bonds is 11. The van der Waals surface area contributed by atoms with Gasteiger partial charge in [0.15, 0.2) is 0 Å². The highest BCUT2D eigenvalue weighted by Gasteiger charge is 2.47. The van der Waals surface area contributed by atoms with Gasteiger partial charge in [-0.25, -0.2) is 9.59 Å². The highest BCUT2D eigenvalue weighted by molar-refractivity contribution is 7.22. The van der Waals surface area contributed by atoms with Crippen LogP contribution in [0.15, 0.2) is 72.8 Å². The summed E-state index contributed by atoms with van der Waals surface area (Å²) in [6, 6.07) is 24.6. The summed E-state index contributed by atoms with van der Waals surface area (Å²) in [4.78, 5) is 26.0. The molecule has 0 aliphatic carbocycles. The van der Waals surface area contributed by atoms with Crippen LogP contribution in [-0.2, 0) is 25.5 Å². The second-order valence-corrected chi connectivity index (χ2v) is 11.3. The van der Waals surface area contributed by atoms with Crippen LogP contribution in [0.3, 0.4) is 0 Å². The molecule has 0 bridgehead atoms. The van der Waals surface area contributed by atoms with Crippen LogP contribution >= 0.6 is 11.3 Å². The molecule has 2 aliphatic rings. The van der Waals surface area contributed by atoms with Crippen molar-refractivity contribution in [3.63, 3.8) is 0 Å². The van der Waals surface area contributed by atoms with Gasteiger partial charge in [-0.05, 0) is 96.9 Å². The number of fused-ring (bicyclic) bond motifs is 1. The molecular formula is C32H31NO7S. The predicted molar refractivity (Wildman–Crippen MR) is 155 cm³/mol. The zero-order chi connectivity index (χ0) is 28.2. The van der Waals surface area contributed by atoms with E-state index in [1.54, 1.807) is 11.3 Å². The molecule has 0 saturated carbocycles. The molecule has 2 fully saturated rings. The highest BCUT2D eigenvalue weighted by Crippen LogP contribution is 2.40. The van der Waals surface area contributed by atoms with Gasteiger partial charge in [0.05, 0.1) is 13.0 Å².